The third kappa shape index (κ3) is 8.24. The molecule has 13 aromatic carbocycles. The van der Waals surface area contributed by atoms with Crippen LogP contribution in [0, 0.1) is 0 Å². The van der Waals surface area contributed by atoms with Crippen LogP contribution in [0.25, 0.3) is 116 Å². The van der Waals surface area contributed by atoms with Crippen molar-refractivity contribution < 1.29 is 0 Å². The molecule has 0 aliphatic heterocycles. The molecule has 0 saturated heterocycles. The van der Waals surface area contributed by atoms with Gasteiger partial charge < -0.3 is 9.13 Å². The van der Waals surface area contributed by atoms with Gasteiger partial charge in [0.1, 0.15) is 0 Å². The molecule has 408 valence electrons. The fourth-order valence-electron chi connectivity index (χ4n) is 14.7. The highest BCUT2D eigenvalue weighted by Gasteiger charge is 2.46. The third-order valence-corrected chi connectivity index (χ3v) is 18.8. The quantitative estimate of drug-likeness (QED) is 0.129. The highest BCUT2D eigenvalue weighted by atomic mass is 15.0. The van der Waals surface area contributed by atoms with Crippen LogP contribution < -0.4 is 0 Å². The van der Waals surface area contributed by atoms with Crippen LogP contribution >= 0.6 is 0 Å². The minimum Gasteiger partial charge on any atom is -0.309 e. The minimum atomic E-state index is -0.503. The highest BCUT2D eigenvalue weighted by molar-refractivity contribution is 6.13. The van der Waals surface area contributed by atoms with Crippen molar-refractivity contribution in [1.29, 1.82) is 0 Å². The van der Waals surface area contributed by atoms with E-state index < -0.39 is 5.41 Å². The van der Waals surface area contributed by atoms with E-state index in [1.807, 2.05) is 0 Å². The first-order chi connectivity index (χ1) is 43.1. The van der Waals surface area contributed by atoms with Crippen molar-refractivity contribution in [3.63, 3.8) is 0 Å². The third-order valence-electron chi connectivity index (χ3n) is 18.8. The van der Waals surface area contributed by atoms with E-state index >= 15 is 0 Å². The molecule has 0 bridgehead atoms. The Bertz CT molecular complexity index is 5180. The van der Waals surface area contributed by atoms with Crippen LogP contribution in [0.3, 0.4) is 0 Å². The number of fused-ring (bicyclic) bond motifs is 9. The summed E-state index contributed by atoms with van der Waals surface area (Å²) in [6, 6.07) is 117. The van der Waals surface area contributed by atoms with Gasteiger partial charge in [-0.15, -0.1) is 0 Å². The summed E-state index contributed by atoms with van der Waals surface area (Å²) in [5.74, 6) is 0.238. The number of nitrogens with zero attached hydrogens (tertiary/aromatic N) is 2. The van der Waals surface area contributed by atoms with Gasteiger partial charge in [-0.3, -0.25) is 0 Å². The number of allylic oxidation sites excluding steroid dienone is 4. The average Bonchev–Trinajstić information content (AvgIpc) is 1.65. The summed E-state index contributed by atoms with van der Waals surface area (Å²) >= 11 is 0. The predicted molar refractivity (Wildman–Crippen MR) is 365 cm³/mol. The Morgan fingerprint density at radius 2 is 0.759 bits per heavy atom. The zero-order chi connectivity index (χ0) is 57.4. The van der Waals surface area contributed by atoms with Crippen LogP contribution in [0.15, 0.2) is 334 Å². The maximum absolute atomic E-state index is 2.50. The Balaban J connectivity index is 0.669. The molecule has 0 radical (unpaired) electrons. The van der Waals surface area contributed by atoms with Crippen molar-refractivity contribution in [3.05, 3.63) is 367 Å². The molecule has 87 heavy (non-hydrogen) atoms. The lowest BCUT2D eigenvalue weighted by Crippen LogP contribution is -2.28. The van der Waals surface area contributed by atoms with Gasteiger partial charge in [0.05, 0.1) is 27.5 Å². The second kappa shape index (κ2) is 20.6. The second-order valence-electron chi connectivity index (χ2n) is 23.4. The minimum absolute atomic E-state index is 0.238. The zero-order valence-electron chi connectivity index (χ0n) is 47.9. The van der Waals surface area contributed by atoms with Crippen LogP contribution in [-0.4, -0.2) is 9.13 Å². The molecule has 15 aromatic rings. The van der Waals surface area contributed by atoms with Gasteiger partial charge in [0.2, 0.25) is 0 Å². The number of rotatable bonds is 10. The lowest BCUT2D eigenvalue weighted by molar-refractivity contribution is 0.760. The highest BCUT2D eigenvalue weighted by Crippen LogP contribution is 2.57. The SMILES string of the molecule is C1=CC(c2cccc(C3(c4ccc(-c5ccccc5-c5ccccc5)cc4)c4ccccc4-c4ccccc43)c2)CC=C1c1ccc(-n2c3ccccc3c3cc(-c4ccc5c(c4)c4ccccc4n5-c4cccc(-c5ccccc5)c4)ccc32)cc1. The lowest BCUT2D eigenvalue weighted by Gasteiger charge is -2.34. The fraction of sp³-hybridized carbons (Fsp3) is 0.0353. The van der Waals surface area contributed by atoms with Crippen molar-refractivity contribution in [2.75, 3.05) is 0 Å². The fourth-order valence-corrected chi connectivity index (χ4v) is 14.7. The molecule has 0 spiro atoms. The summed E-state index contributed by atoms with van der Waals surface area (Å²) in [5.41, 5.74) is 27.9. The molecule has 0 amide bonds. The summed E-state index contributed by atoms with van der Waals surface area (Å²) in [6.07, 6.45) is 8.13. The molecule has 2 aliphatic rings. The number of hydrogen-bond acceptors (Lipinski definition) is 0. The van der Waals surface area contributed by atoms with E-state index in [9.17, 15) is 0 Å². The number of aromatic nitrogens is 2. The van der Waals surface area contributed by atoms with Crippen molar-refractivity contribution in [1.82, 2.24) is 9.13 Å². The van der Waals surface area contributed by atoms with E-state index in [0.29, 0.717) is 0 Å². The second-order valence-corrected chi connectivity index (χ2v) is 23.4. The van der Waals surface area contributed by atoms with Crippen LogP contribution in [0.4, 0.5) is 0 Å². The molecular formula is C85H58N2. The van der Waals surface area contributed by atoms with Crippen molar-refractivity contribution in [2.24, 2.45) is 0 Å². The number of benzene rings is 13. The summed E-state index contributed by atoms with van der Waals surface area (Å²) in [6.45, 7) is 0. The van der Waals surface area contributed by atoms with Gasteiger partial charge in [-0.1, -0.05) is 273 Å². The Hall–Kier alpha value is -11.1. The molecule has 2 aromatic heterocycles. The van der Waals surface area contributed by atoms with E-state index in [1.54, 1.807) is 0 Å². The lowest BCUT2D eigenvalue weighted by atomic mass is 9.67. The predicted octanol–water partition coefficient (Wildman–Crippen LogP) is 22.0. The van der Waals surface area contributed by atoms with Crippen LogP contribution in [0.5, 0.6) is 0 Å². The van der Waals surface area contributed by atoms with Gasteiger partial charge in [0.15, 0.2) is 0 Å². The Kier molecular flexibility index (Phi) is 12.0. The number of para-hydroxylation sites is 2. The van der Waals surface area contributed by atoms with E-state index in [1.165, 1.54) is 138 Å². The summed E-state index contributed by atoms with van der Waals surface area (Å²) in [7, 11) is 0. The molecule has 0 fully saturated rings. The molecule has 2 heterocycles. The molecule has 1 unspecified atom stereocenters. The average molecular weight is 1110 g/mol. The van der Waals surface area contributed by atoms with Crippen molar-refractivity contribution >= 4 is 49.2 Å². The van der Waals surface area contributed by atoms with Gasteiger partial charge in [-0.05, 0) is 162 Å². The van der Waals surface area contributed by atoms with Crippen LogP contribution in [0.2, 0.25) is 0 Å². The van der Waals surface area contributed by atoms with Crippen molar-refractivity contribution in [2.45, 2.75) is 17.8 Å². The van der Waals surface area contributed by atoms with Gasteiger partial charge in [-0.2, -0.15) is 0 Å². The maximum atomic E-state index is 2.50. The summed E-state index contributed by atoms with van der Waals surface area (Å²) in [5, 5.41) is 4.98. The smallest absolute Gasteiger partial charge is 0.0713 e. The molecule has 2 aliphatic carbocycles. The first-order valence-corrected chi connectivity index (χ1v) is 30.4. The topological polar surface area (TPSA) is 9.86 Å². The van der Waals surface area contributed by atoms with E-state index in [2.05, 4.69) is 343 Å². The Morgan fingerprint density at radius 1 is 0.287 bits per heavy atom. The molecule has 0 saturated carbocycles. The first kappa shape index (κ1) is 50.5. The van der Waals surface area contributed by atoms with Crippen molar-refractivity contribution in [3.8, 4) is 67.0 Å². The normalized spacial score (nSPS) is 14.2. The van der Waals surface area contributed by atoms with Gasteiger partial charge >= 0.3 is 0 Å². The Labute approximate surface area is 507 Å². The van der Waals surface area contributed by atoms with Gasteiger partial charge in [-0.25, -0.2) is 0 Å². The maximum Gasteiger partial charge on any atom is 0.0713 e. The molecular weight excluding hydrogens is 1050 g/mol. The largest absolute Gasteiger partial charge is 0.309 e. The summed E-state index contributed by atoms with van der Waals surface area (Å²) in [4.78, 5) is 0. The molecule has 0 N–H and O–H groups in total. The number of hydrogen-bond donors (Lipinski definition) is 0. The summed E-state index contributed by atoms with van der Waals surface area (Å²) < 4.78 is 4.85. The zero-order valence-corrected chi connectivity index (χ0v) is 47.9. The monoisotopic (exact) mass is 1110 g/mol. The first-order valence-electron chi connectivity index (χ1n) is 30.4. The Morgan fingerprint density at radius 3 is 1.37 bits per heavy atom. The molecule has 2 nitrogen and oxygen atoms in total. The molecule has 17 rings (SSSR count). The van der Waals surface area contributed by atoms with Crippen LogP contribution in [0.1, 0.15) is 45.7 Å². The van der Waals surface area contributed by atoms with E-state index in [0.717, 1.165) is 17.8 Å². The van der Waals surface area contributed by atoms with Crippen LogP contribution in [-0.2, 0) is 5.41 Å². The molecule has 1 atom stereocenters. The van der Waals surface area contributed by atoms with E-state index in [4.69, 9.17) is 0 Å². The van der Waals surface area contributed by atoms with Gasteiger partial charge in [0, 0.05) is 38.8 Å². The standard InChI is InChI=1S/C85H58N2/c1-3-19-57(20-4-1)64-24-18-26-70(54-64)87-82-36-16-12-32-76(82)78-56-66(46-52-84(78)87)65-45-51-83-77(55-65)75-31-11-15-35-81(75)86(83)69-49-43-59(44-50-69)58-37-39-60(40-38-58)63-23-17-25-68(53-63)85(79-33-13-9-29-73(79)74-30-10-14-34-80(74)85)67-47-41-62(42-48-67)72-28-8-7-27-71(72)61-21-5-2-6-22-61/h1-39,41-56,60H,40H2. The molecule has 2 heteroatoms. The van der Waals surface area contributed by atoms with Gasteiger partial charge in [0.25, 0.3) is 0 Å². The van der Waals surface area contributed by atoms with E-state index in [-0.39, 0.29) is 5.92 Å².